The first-order valence-corrected chi connectivity index (χ1v) is 6.72. The van der Waals surface area contributed by atoms with Crippen LogP contribution >= 0.6 is 0 Å². The zero-order chi connectivity index (χ0) is 13.2. The average molecular weight is 259 g/mol. The molecule has 0 N–H and O–H groups in total. The number of rotatable bonds is 3. The molecule has 2 aliphatic rings. The third kappa shape index (κ3) is 2.78. The summed E-state index contributed by atoms with van der Waals surface area (Å²) in [6.45, 7) is 1.02. The summed E-state index contributed by atoms with van der Waals surface area (Å²) in [6.07, 6.45) is 1.88. The Kier molecular flexibility index (Phi) is 3.23. The molecule has 1 aromatic rings. The van der Waals surface area contributed by atoms with Gasteiger partial charge in [-0.15, -0.1) is 0 Å². The molecular formula is C15H17NO3. The molecule has 1 unspecified atom stereocenters. The van der Waals surface area contributed by atoms with Crippen LogP contribution in [0.5, 0.6) is 0 Å². The molecular weight excluding hydrogens is 242 g/mol. The Bertz CT molecular complexity index is 481. The number of ketones is 1. The van der Waals surface area contributed by atoms with Crippen LogP contribution in [0.3, 0.4) is 0 Å². The summed E-state index contributed by atoms with van der Waals surface area (Å²) in [7, 11) is 0. The van der Waals surface area contributed by atoms with Gasteiger partial charge < -0.3 is 9.64 Å². The third-order valence-corrected chi connectivity index (χ3v) is 3.83. The molecule has 0 radical (unpaired) electrons. The van der Waals surface area contributed by atoms with Gasteiger partial charge in [0.2, 0.25) is 0 Å². The van der Waals surface area contributed by atoms with Gasteiger partial charge in [-0.3, -0.25) is 4.79 Å². The fourth-order valence-corrected chi connectivity index (χ4v) is 2.57. The molecule has 4 heteroatoms. The number of carbonyl (C=O) groups excluding carboxylic acids is 2. The van der Waals surface area contributed by atoms with Gasteiger partial charge in [0, 0.05) is 12.5 Å². The van der Waals surface area contributed by atoms with Crippen LogP contribution in [0.2, 0.25) is 0 Å². The van der Waals surface area contributed by atoms with E-state index in [1.165, 1.54) is 4.90 Å². The second-order valence-corrected chi connectivity index (χ2v) is 5.33. The largest absolute Gasteiger partial charge is 0.445 e. The lowest BCUT2D eigenvalue weighted by Crippen LogP contribution is -2.29. The molecule has 0 bridgehead atoms. The Morgan fingerprint density at radius 1 is 1.26 bits per heavy atom. The van der Waals surface area contributed by atoms with Crippen LogP contribution in [0, 0.1) is 11.8 Å². The molecule has 1 saturated carbocycles. The Balaban J connectivity index is 1.52. The zero-order valence-corrected chi connectivity index (χ0v) is 10.7. The van der Waals surface area contributed by atoms with E-state index < -0.39 is 0 Å². The lowest BCUT2D eigenvalue weighted by molar-refractivity contribution is -0.120. The maximum absolute atomic E-state index is 11.9. The van der Waals surface area contributed by atoms with Crippen LogP contribution in [0.1, 0.15) is 18.4 Å². The van der Waals surface area contributed by atoms with E-state index in [2.05, 4.69) is 0 Å². The smallest absolute Gasteiger partial charge is 0.410 e. The van der Waals surface area contributed by atoms with Crippen molar-refractivity contribution in [3.63, 3.8) is 0 Å². The number of likely N-dealkylation sites (tertiary alicyclic amines) is 1. The van der Waals surface area contributed by atoms with E-state index in [1.54, 1.807) is 0 Å². The second-order valence-electron chi connectivity index (χ2n) is 5.33. The molecule has 3 rings (SSSR count). The number of ether oxygens (including phenoxy) is 1. The van der Waals surface area contributed by atoms with E-state index in [0.29, 0.717) is 12.5 Å². The number of carbonyl (C=O) groups is 2. The van der Waals surface area contributed by atoms with Crippen molar-refractivity contribution in [2.45, 2.75) is 19.4 Å². The van der Waals surface area contributed by atoms with Gasteiger partial charge in [-0.05, 0) is 24.3 Å². The van der Waals surface area contributed by atoms with Crippen LogP contribution in [-0.2, 0) is 16.1 Å². The van der Waals surface area contributed by atoms with E-state index in [-0.39, 0.29) is 30.9 Å². The highest BCUT2D eigenvalue weighted by molar-refractivity contribution is 5.89. The molecule has 1 aliphatic heterocycles. The van der Waals surface area contributed by atoms with Crippen molar-refractivity contribution in [1.29, 1.82) is 0 Å². The molecule has 1 heterocycles. The lowest BCUT2D eigenvalue weighted by Gasteiger charge is -2.15. The van der Waals surface area contributed by atoms with Gasteiger partial charge in [0.1, 0.15) is 6.61 Å². The van der Waals surface area contributed by atoms with Crippen LogP contribution in [0.4, 0.5) is 4.79 Å². The van der Waals surface area contributed by atoms with E-state index >= 15 is 0 Å². The maximum Gasteiger partial charge on any atom is 0.410 e. The highest BCUT2D eigenvalue weighted by atomic mass is 16.6. The monoisotopic (exact) mass is 259 g/mol. The molecule has 1 aromatic carbocycles. The molecule has 4 nitrogen and oxygen atoms in total. The quantitative estimate of drug-likeness (QED) is 0.836. The molecule has 0 aromatic heterocycles. The number of benzene rings is 1. The minimum Gasteiger partial charge on any atom is -0.445 e. The minimum atomic E-state index is -0.375. The van der Waals surface area contributed by atoms with Crippen molar-refractivity contribution in [2.24, 2.45) is 11.8 Å². The Morgan fingerprint density at radius 3 is 2.68 bits per heavy atom. The maximum atomic E-state index is 11.9. The predicted octanol–water partition coefficient (Wildman–Crippen LogP) is 2.23. The van der Waals surface area contributed by atoms with E-state index in [4.69, 9.17) is 4.74 Å². The summed E-state index contributed by atoms with van der Waals surface area (Å²) >= 11 is 0. The Morgan fingerprint density at radius 2 is 2.00 bits per heavy atom. The first kappa shape index (κ1) is 12.2. The summed E-state index contributed by atoms with van der Waals surface area (Å²) in [5.74, 6) is 0.767. The Labute approximate surface area is 112 Å². The van der Waals surface area contributed by atoms with Crippen LogP contribution < -0.4 is 0 Å². The normalized spacial score (nSPS) is 22.6. The van der Waals surface area contributed by atoms with Crippen LogP contribution in [0.15, 0.2) is 30.3 Å². The number of hydrogen-bond acceptors (Lipinski definition) is 3. The number of amides is 1. The standard InChI is InChI=1S/C15H17NO3/c17-14-9-16(8-13(14)12-6-7-12)15(18)19-10-11-4-2-1-3-5-11/h1-5,12-13H,6-10H2. The molecule has 1 saturated heterocycles. The average Bonchev–Trinajstić information content (AvgIpc) is 3.20. The first-order chi connectivity index (χ1) is 9.24. The van der Waals surface area contributed by atoms with Crippen molar-refractivity contribution in [3.8, 4) is 0 Å². The van der Waals surface area contributed by atoms with Gasteiger partial charge in [-0.1, -0.05) is 30.3 Å². The van der Waals surface area contributed by atoms with Crippen LogP contribution in [0.25, 0.3) is 0 Å². The van der Waals surface area contributed by atoms with Gasteiger partial charge in [0.15, 0.2) is 5.78 Å². The van der Waals surface area contributed by atoms with Gasteiger partial charge in [-0.25, -0.2) is 4.79 Å². The summed E-state index contributed by atoms with van der Waals surface area (Å²) in [4.78, 5) is 25.2. The lowest BCUT2D eigenvalue weighted by atomic mass is 10.0. The van der Waals surface area contributed by atoms with E-state index in [0.717, 1.165) is 18.4 Å². The summed E-state index contributed by atoms with van der Waals surface area (Å²) < 4.78 is 5.24. The summed E-state index contributed by atoms with van der Waals surface area (Å²) in [5.41, 5.74) is 0.958. The number of nitrogens with zero attached hydrogens (tertiary/aromatic N) is 1. The molecule has 19 heavy (non-hydrogen) atoms. The molecule has 100 valence electrons. The SMILES string of the molecule is O=C1CN(C(=O)OCc2ccccc2)CC1C1CC1. The fraction of sp³-hybridized carbons (Fsp3) is 0.467. The fourth-order valence-electron chi connectivity index (χ4n) is 2.57. The molecule has 1 aliphatic carbocycles. The highest BCUT2D eigenvalue weighted by Gasteiger charge is 2.43. The van der Waals surface area contributed by atoms with Gasteiger partial charge >= 0.3 is 6.09 Å². The number of hydrogen-bond donors (Lipinski definition) is 0. The van der Waals surface area contributed by atoms with Crippen molar-refractivity contribution in [2.75, 3.05) is 13.1 Å². The van der Waals surface area contributed by atoms with Gasteiger partial charge in [0.25, 0.3) is 0 Å². The Hall–Kier alpha value is -1.84. The minimum absolute atomic E-state index is 0.0595. The second kappa shape index (κ2) is 5.03. The van der Waals surface area contributed by atoms with Crippen molar-refractivity contribution in [3.05, 3.63) is 35.9 Å². The van der Waals surface area contributed by atoms with E-state index in [1.807, 2.05) is 30.3 Å². The topological polar surface area (TPSA) is 46.6 Å². The summed E-state index contributed by atoms with van der Waals surface area (Å²) in [5, 5.41) is 0. The van der Waals surface area contributed by atoms with Crippen molar-refractivity contribution < 1.29 is 14.3 Å². The zero-order valence-electron chi connectivity index (χ0n) is 10.7. The van der Waals surface area contributed by atoms with E-state index in [9.17, 15) is 9.59 Å². The van der Waals surface area contributed by atoms with Crippen LogP contribution in [-0.4, -0.2) is 29.9 Å². The number of Topliss-reactive ketones (excluding diaryl/α,β-unsaturated/α-hetero) is 1. The van der Waals surface area contributed by atoms with Gasteiger partial charge in [0.05, 0.1) is 6.54 Å². The summed E-state index contributed by atoms with van der Waals surface area (Å²) in [6, 6.07) is 9.56. The predicted molar refractivity (Wildman–Crippen MR) is 69.4 cm³/mol. The third-order valence-electron chi connectivity index (χ3n) is 3.83. The van der Waals surface area contributed by atoms with Gasteiger partial charge in [-0.2, -0.15) is 0 Å². The molecule has 0 spiro atoms. The molecule has 1 amide bonds. The molecule has 2 fully saturated rings. The highest BCUT2D eigenvalue weighted by Crippen LogP contribution is 2.39. The van der Waals surface area contributed by atoms with Crippen molar-refractivity contribution >= 4 is 11.9 Å². The molecule has 1 atom stereocenters. The first-order valence-electron chi connectivity index (χ1n) is 6.72. The van der Waals surface area contributed by atoms with Crippen molar-refractivity contribution in [1.82, 2.24) is 4.90 Å².